The molecular weight excluding hydrogens is 100 g/mol. The Morgan fingerprint density at radius 3 is 2.75 bits per heavy atom. The van der Waals surface area contributed by atoms with Gasteiger partial charge in [0.15, 0.2) is 0 Å². The fourth-order valence-electron chi connectivity index (χ4n) is 1.63. The van der Waals surface area contributed by atoms with E-state index >= 15 is 0 Å². The van der Waals surface area contributed by atoms with Gasteiger partial charge in [-0.1, -0.05) is 0 Å². The topological polar surface area (TPSA) is 29.3 Å². The van der Waals surface area contributed by atoms with E-state index in [1.54, 1.807) is 0 Å². The van der Waals surface area contributed by atoms with Gasteiger partial charge in [-0.15, -0.1) is 0 Å². The molecule has 8 heavy (non-hydrogen) atoms. The smallest absolute Gasteiger partial charge is 0.0303 e. The van der Waals surface area contributed by atoms with Crippen LogP contribution in [0.1, 0.15) is 6.42 Å². The number of hydrogen-bond acceptors (Lipinski definition) is 2. The van der Waals surface area contributed by atoms with Crippen molar-refractivity contribution in [2.75, 3.05) is 13.1 Å². The van der Waals surface area contributed by atoms with Crippen LogP contribution in [0.25, 0.3) is 0 Å². The van der Waals surface area contributed by atoms with Crippen molar-refractivity contribution in [1.29, 1.82) is 0 Å². The molecule has 2 fully saturated rings. The van der Waals surface area contributed by atoms with Crippen LogP contribution in [0.5, 0.6) is 0 Å². The molecule has 1 saturated carbocycles. The van der Waals surface area contributed by atoms with Crippen LogP contribution in [0, 0.1) is 13.0 Å². The van der Waals surface area contributed by atoms with Crippen LogP contribution in [-0.4, -0.2) is 23.5 Å². The first-order valence-electron chi connectivity index (χ1n) is 3.05. The van der Waals surface area contributed by atoms with Gasteiger partial charge in [-0.3, -0.25) is 7.05 Å². The van der Waals surface area contributed by atoms with E-state index in [1.807, 2.05) is 0 Å². The Kier molecular flexibility index (Phi) is 0.649. The number of rotatable bonds is 0. The molecule has 1 heterocycles. The first kappa shape index (κ1) is 4.77. The second kappa shape index (κ2) is 1.09. The van der Waals surface area contributed by atoms with Crippen LogP contribution < -0.4 is 5.73 Å². The number of likely N-dealkylation sites (tertiary alicyclic amines) is 1. The van der Waals surface area contributed by atoms with Crippen LogP contribution in [0.15, 0.2) is 0 Å². The van der Waals surface area contributed by atoms with Gasteiger partial charge in [-0.25, -0.2) is 0 Å². The average Bonchev–Trinajstić information content (AvgIpc) is 2.07. The number of hydrogen-bond donors (Lipinski definition) is 1. The Bertz CT molecular complexity index is 124. The zero-order chi connectivity index (χ0) is 5.78. The van der Waals surface area contributed by atoms with Crippen molar-refractivity contribution < 1.29 is 0 Å². The molecule has 2 N–H and O–H groups in total. The minimum Gasteiger partial charge on any atom is -0.457 e. The minimum absolute atomic E-state index is 0.196. The van der Waals surface area contributed by atoms with Crippen molar-refractivity contribution in [2.45, 2.75) is 12.0 Å². The van der Waals surface area contributed by atoms with Crippen LogP contribution in [0.2, 0.25) is 0 Å². The zero-order valence-corrected chi connectivity index (χ0v) is 4.93. The molecule has 0 spiro atoms. The number of nitrogens with two attached hydrogens (primary N) is 1. The monoisotopic (exact) mass is 111 g/mol. The fourth-order valence-corrected chi connectivity index (χ4v) is 1.63. The van der Waals surface area contributed by atoms with E-state index in [4.69, 9.17) is 5.73 Å². The van der Waals surface area contributed by atoms with Crippen LogP contribution in [0.3, 0.4) is 0 Å². The summed E-state index contributed by atoms with van der Waals surface area (Å²) in [4.78, 5) is 2.06. The van der Waals surface area contributed by atoms with Crippen molar-refractivity contribution in [3.8, 4) is 0 Å². The summed E-state index contributed by atoms with van der Waals surface area (Å²) < 4.78 is 0. The summed E-state index contributed by atoms with van der Waals surface area (Å²) >= 11 is 0. The van der Waals surface area contributed by atoms with Gasteiger partial charge >= 0.3 is 0 Å². The maximum Gasteiger partial charge on any atom is 0.0303 e. The molecule has 0 unspecified atom stereocenters. The molecule has 2 heteroatoms. The Labute approximate surface area is 49.7 Å². The Hall–Kier alpha value is -0.0800. The molecule has 1 aliphatic heterocycles. The highest BCUT2D eigenvalue weighted by Crippen LogP contribution is 2.46. The van der Waals surface area contributed by atoms with Crippen LogP contribution in [-0.2, 0) is 0 Å². The summed E-state index contributed by atoms with van der Waals surface area (Å²) in [6.45, 7) is 2.13. The van der Waals surface area contributed by atoms with Crippen molar-refractivity contribution in [2.24, 2.45) is 11.7 Å². The fraction of sp³-hybridized carbons (Fsp3) is 0.833. The number of fused-ring (bicyclic) bond motifs is 1. The maximum absolute atomic E-state index is 5.86. The number of nitrogens with zero attached hydrogens (tertiary/aromatic N) is 1. The second-order valence-corrected chi connectivity index (χ2v) is 3.15. The van der Waals surface area contributed by atoms with Gasteiger partial charge in [0, 0.05) is 5.54 Å². The lowest BCUT2D eigenvalue weighted by Gasteiger charge is -2.19. The quantitative estimate of drug-likeness (QED) is 0.439. The van der Waals surface area contributed by atoms with Crippen LogP contribution >= 0.6 is 0 Å². The zero-order valence-electron chi connectivity index (χ0n) is 4.93. The lowest BCUT2D eigenvalue weighted by atomic mass is 10.3. The molecule has 2 rings (SSSR count). The van der Waals surface area contributed by atoms with E-state index in [9.17, 15) is 0 Å². The van der Waals surface area contributed by atoms with Crippen molar-refractivity contribution >= 4 is 0 Å². The molecule has 0 radical (unpaired) electrons. The third kappa shape index (κ3) is 0.446. The van der Waals surface area contributed by atoms with Crippen molar-refractivity contribution in [3.63, 3.8) is 0 Å². The van der Waals surface area contributed by atoms with E-state index in [0.717, 1.165) is 19.0 Å². The molecular formula is C6H11N2-. The highest BCUT2D eigenvalue weighted by atomic mass is 15.2. The third-order valence-electron chi connectivity index (χ3n) is 2.28. The predicted octanol–water partition coefficient (Wildman–Crippen LogP) is -0.189. The SMILES string of the molecule is [CH2-]N1C[C@H]2C[C@@]2(N)C1. The predicted molar refractivity (Wildman–Crippen MR) is 32.0 cm³/mol. The summed E-state index contributed by atoms with van der Waals surface area (Å²) in [5.74, 6) is 0.778. The van der Waals surface area contributed by atoms with Gasteiger partial charge in [0.25, 0.3) is 0 Å². The van der Waals surface area contributed by atoms with Gasteiger partial charge in [0.2, 0.25) is 0 Å². The van der Waals surface area contributed by atoms with E-state index in [0.29, 0.717) is 0 Å². The molecule has 1 saturated heterocycles. The molecule has 1 aliphatic carbocycles. The number of piperidine rings is 1. The largest absolute Gasteiger partial charge is 0.457 e. The van der Waals surface area contributed by atoms with E-state index < -0.39 is 0 Å². The average molecular weight is 111 g/mol. The summed E-state index contributed by atoms with van der Waals surface area (Å²) in [6, 6.07) is 0. The molecule has 0 bridgehead atoms. The molecule has 2 nitrogen and oxygen atoms in total. The van der Waals surface area contributed by atoms with E-state index in [1.165, 1.54) is 6.42 Å². The molecule has 2 aliphatic rings. The summed E-state index contributed by atoms with van der Waals surface area (Å²) in [5, 5.41) is 0. The van der Waals surface area contributed by atoms with Gasteiger partial charge in [0.05, 0.1) is 0 Å². The van der Waals surface area contributed by atoms with E-state index in [-0.39, 0.29) is 5.54 Å². The van der Waals surface area contributed by atoms with E-state index in [2.05, 4.69) is 11.9 Å². The first-order valence-corrected chi connectivity index (χ1v) is 3.05. The molecule has 0 aromatic rings. The van der Waals surface area contributed by atoms with Gasteiger partial charge < -0.3 is 10.6 Å². The lowest BCUT2D eigenvalue weighted by molar-refractivity contribution is 0.400. The van der Waals surface area contributed by atoms with Gasteiger partial charge in [-0.05, 0) is 25.4 Å². The minimum atomic E-state index is 0.196. The second-order valence-electron chi connectivity index (χ2n) is 3.15. The van der Waals surface area contributed by atoms with Crippen LogP contribution in [0.4, 0.5) is 0 Å². The standard InChI is InChI=1S/C6H11N2/c1-8-3-5-2-6(5,7)4-8/h5H,1-4,7H2/q-1/t5-,6-/m1/s1. The lowest BCUT2D eigenvalue weighted by Crippen LogP contribution is -2.30. The highest BCUT2D eigenvalue weighted by Gasteiger charge is 2.54. The third-order valence-corrected chi connectivity index (χ3v) is 2.28. The Balaban J connectivity index is 2.10. The molecule has 0 aromatic carbocycles. The summed E-state index contributed by atoms with van der Waals surface area (Å²) in [7, 11) is 3.82. The first-order chi connectivity index (χ1) is 3.71. The normalized spacial score (nSPS) is 54.0. The summed E-state index contributed by atoms with van der Waals surface area (Å²) in [5.41, 5.74) is 6.06. The molecule has 0 aromatic heterocycles. The Morgan fingerprint density at radius 2 is 2.50 bits per heavy atom. The Morgan fingerprint density at radius 1 is 1.75 bits per heavy atom. The molecule has 2 atom stereocenters. The molecule has 46 valence electrons. The van der Waals surface area contributed by atoms with Crippen molar-refractivity contribution in [1.82, 2.24) is 4.90 Å². The summed E-state index contributed by atoms with van der Waals surface area (Å²) in [6.07, 6.45) is 1.24. The van der Waals surface area contributed by atoms with Gasteiger partial charge in [-0.2, -0.15) is 0 Å². The van der Waals surface area contributed by atoms with Gasteiger partial charge in [0.1, 0.15) is 0 Å². The maximum atomic E-state index is 5.86. The molecule has 0 amide bonds. The highest BCUT2D eigenvalue weighted by molar-refractivity contribution is 5.15. The van der Waals surface area contributed by atoms with Crippen molar-refractivity contribution in [3.05, 3.63) is 7.05 Å².